The van der Waals surface area contributed by atoms with Crippen molar-refractivity contribution in [3.8, 4) is 0 Å². The maximum atomic E-state index is 13.7. The van der Waals surface area contributed by atoms with Gasteiger partial charge in [0.1, 0.15) is 5.82 Å². The zero-order valence-electron chi connectivity index (χ0n) is 13.2. The van der Waals surface area contributed by atoms with E-state index in [-0.39, 0.29) is 29.9 Å². The van der Waals surface area contributed by atoms with Gasteiger partial charge in [0.15, 0.2) is 9.84 Å². The van der Waals surface area contributed by atoms with Gasteiger partial charge in [-0.05, 0) is 24.5 Å². The van der Waals surface area contributed by atoms with Gasteiger partial charge in [0.2, 0.25) is 5.91 Å². The van der Waals surface area contributed by atoms with E-state index in [4.69, 9.17) is 4.74 Å². The Morgan fingerprint density at radius 1 is 1.39 bits per heavy atom. The fourth-order valence-electron chi connectivity index (χ4n) is 2.82. The van der Waals surface area contributed by atoms with Crippen LogP contribution < -0.4 is 0 Å². The third-order valence-electron chi connectivity index (χ3n) is 4.02. The predicted octanol–water partition coefficient (Wildman–Crippen LogP) is 1.42. The molecule has 5 nitrogen and oxygen atoms in total. The summed E-state index contributed by atoms with van der Waals surface area (Å²) in [5, 5.41) is 0. The zero-order chi connectivity index (χ0) is 16.9. The Morgan fingerprint density at radius 2 is 2.13 bits per heavy atom. The van der Waals surface area contributed by atoms with Crippen molar-refractivity contribution < 1.29 is 22.3 Å². The van der Waals surface area contributed by atoms with Crippen molar-refractivity contribution >= 4 is 15.7 Å². The highest BCUT2D eigenvalue weighted by molar-refractivity contribution is 7.91. The van der Waals surface area contributed by atoms with E-state index < -0.39 is 15.7 Å². The molecule has 23 heavy (non-hydrogen) atoms. The number of hydrogen-bond donors (Lipinski definition) is 0. The van der Waals surface area contributed by atoms with Crippen LogP contribution in [-0.2, 0) is 25.8 Å². The standard InChI is InChI=1S/C16H22FNO4S/c1-22-9-4-8-18(14-7-10-23(20,21)12-14)16(19)11-13-5-2-3-6-15(13)17/h2-3,5-6,14H,4,7-12H2,1H3. The first-order valence-electron chi connectivity index (χ1n) is 7.65. The van der Waals surface area contributed by atoms with E-state index in [0.29, 0.717) is 31.6 Å². The summed E-state index contributed by atoms with van der Waals surface area (Å²) < 4.78 is 42.1. The van der Waals surface area contributed by atoms with Gasteiger partial charge in [-0.3, -0.25) is 4.79 Å². The molecular weight excluding hydrogens is 321 g/mol. The highest BCUT2D eigenvalue weighted by Crippen LogP contribution is 2.20. The first kappa shape index (κ1) is 17.9. The van der Waals surface area contributed by atoms with Gasteiger partial charge in [0.05, 0.1) is 17.9 Å². The van der Waals surface area contributed by atoms with Gasteiger partial charge in [-0.2, -0.15) is 0 Å². The van der Waals surface area contributed by atoms with Crippen molar-refractivity contribution in [2.24, 2.45) is 0 Å². The second-order valence-corrected chi connectivity index (χ2v) is 7.99. The van der Waals surface area contributed by atoms with Crippen molar-refractivity contribution in [3.63, 3.8) is 0 Å². The largest absolute Gasteiger partial charge is 0.385 e. The molecule has 1 saturated heterocycles. The Morgan fingerprint density at radius 3 is 2.74 bits per heavy atom. The summed E-state index contributed by atoms with van der Waals surface area (Å²) in [4.78, 5) is 14.2. The van der Waals surface area contributed by atoms with Crippen LogP contribution in [0.25, 0.3) is 0 Å². The van der Waals surface area contributed by atoms with E-state index in [1.807, 2.05) is 0 Å². The van der Waals surface area contributed by atoms with Crippen LogP contribution in [0, 0.1) is 5.82 Å². The fraction of sp³-hybridized carbons (Fsp3) is 0.562. The first-order valence-corrected chi connectivity index (χ1v) is 9.47. The number of benzene rings is 1. The summed E-state index contributed by atoms with van der Waals surface area (Å²) in [5.74, 6) is -0.570. The van der Waals surface area contributed by atoms with Crippen LogP contribution in [0.1, 0.15) is 18.4 Å². The van der Waals surface area contributed by atoms with Crippen molar-refractivity contribution in [3.05, 3.63) is 35.6 Å². The van der Waals surface area contributed by atoms with Crippen molar-refractivity contribution in [1.29, 1.82) is 0 Å². The molecule has 0 spiro atoms. The monoisotopic (exact) mass is 343 g/mol. The number of ether oxygens (including phenoxy) is 1. The number of sulfone groups is 1. The zero-order valence-corrected chi connectivity index (χ0v) is 14.0. The predicted molar refractivity (Wildman–Crippen MR) is 85.4 cm³/mol. The molecule has 1 aliphatic rings. The maximum absolute atomic E-state index is 13.7. The second-order valence-electron chi connectivity index (χ2n) is 5.76. The summed E-state index contributed by atoms with van der Waals surface area (Å²) >= 11 is 0. The summed E-state index contributed by atoms with van der Waals surface area (Å²) in [6.07, 6.45) is 1.00. The minimum absolute atomic E-state index is 0.0109. The lowest BCUT2D eigenvalue weighted by molar-refractivity contribution is -0.132. The Labute approximate surface area is 136 Å². The van der Waals surface area contributed by atoms with E-state index in [9.17, 15) is 17.6 Å². The maximum Gasteiger partial charge on any atom is 0.227 e. The number of amides is 1. The van der Waals surface area contributed by atoms with Crippen LogP contribution in [0.2, 0.25) is 0 Å². The second kappa shape index (κ2) is 7.88. The van der Waals surface area contributed by atoms with Gasteiger partial charge < -0.3 is 9.64 Å². The molecule has 1 heterocycles. The molecule has 1 aromatic carbocycles. The Kier molecular flexibility index (Phi) is 6.12. The lowest BCUT2D eigenvalue weighted by Crippen LogP contribution is -2.43. The minimum atomic E-state index is -3.08. The third-order valence-corrected chi connectivity index (χ3v) is 5.77. The summed E-state index contributed by atoms with van der Waals surface area (Å²) in [6.45, 7) is 0.907. The van der Waals surface area contributed by atoms with Crippen LogP contribution in [-0.4, -0.2) is 57.0 Å². The number of halogens is 1. The average molecular weight is 343 g/mol. The number of rotatable bonds is 7. The van der Waals surface area contributed by atoms with Gasteiger partial charge in [-0.1, -0.05) is 18.2 Å². The molecule has 1 fully saturated rings. The number of carbonyl (C=O) groups is 1. The van der Waals surface area contributed by atoms with Gasteiger partial charge in [0, 0.05) is 26.3 Å². The van der Waals surface area contributed by atoms with Crippen LogP contribution in [0.5, 0.6) is 0 Å². The molecule has 0 bridgehead atoms. The molecule has 7 heteroatoms. The van der Waals surface area contributed by atoms with E-state index in [1.165, 1.54) is 6.07 Å². The lowest BCUT2D eigenvalue weighted by Gasteiger charge is -2.28. The minimum Gasteiger partial charge on any atom is -0.385 e. The molecule has 128 valence electrons. The van der Waals surface area contributed by atoms with E-state index in [0.717, 1.165) is 0 Å². The van der Waals surface area contributed by atoms with Crippen LogP contribution in [0.4, 0.5) is 4.39 Å². The van der Waals surface area contributed by atoms with Gasteiger partial charge in [-0.15, -0.1) is 0 Å². The molecular formula is C16H22FNO4S. The molecule has 1 aromatic rings. The molecule has 1 unspecified atom stereocenters. The van der Waals surface area contributed by atoms with Crippen molar-refractivity contribution in [2.75, 3.05) is 31.8 Å². The van der Waals surface area contributed by atoms with Gasteiger partial charge >= 0.3 is 0 Å². The molecule has 0 N–H and O–H groups in total. The SMILES string of the molecule is COCCCN(C(=O)Cc1ccccc1F)C1CCS(=O)(=O)C1. The molecule has 1 aliphatic heterocycles. The van der Waals surface area contributed by atoms with Crippen molar-refractivity contribution in [2.45, 2.75) is 25.3 Å². The highest BCUT2D eigenvalue weighted by Gasteiger charge is 2.34. The lowest BCUT2D eigenvalue weighted by atomic mass is 10.1. The molecule has 1 atom stereocenters. The topological polar surface area (TPSA) is 63.7 Å². The third kappa shape index (κ3) is 5.00. The number of methoxy groups -OCH3 is 1. The first-order chi connectivity index (χ1) is 10.9. The Hall–Kier alpha value is -1.47. The number of hydrogen-bond acceptors (Lipinski definition) is 4. The van der Waals surface area contributed by atoms with Gasteiger partial charge in [0.25, 0.3) is 0 Å². The Bertz CT molecular complexity index is 647. The summed E-state index contributed by atoms with van der Waals surface area (Å²) in [6, 6.07) is 5.82. The molecule has 0 aromatic heterocycles. The van der Waals surface area contributed by atoms with E-state index >= 15 is 0 Å². The van der Waals surface area contributed by atoms with Crippen LogP contribution in [0.3, 0.4) is 0 Å². The average Bonchev–Trinajstić information content (AvgIpc) is 2.86. The summed E-state index contributed by atoms with van der Waals surface area (Å²) in [5.41, 5.74) is 0.329. The van der Waals surface area contributed by atoms with Crippen LogP contribution in [0.15, 0.2) is 24.3 Å². The number of carbonyl (C=O) groups excluding carboxylic acids is 1. The normalized spacial score (nSPS) is 19.7. The number of nitrogens with zero attached hydrogens (tertiary/aromatic N) is 1. The van der Waals surface area contributed by atoms with Crippen LogP contribution >= 0.6 is 0 Å². The molecule has 0 saturated carbocycles. The molecule has 0 aliphatic carbocycles. The molecule has 1 amide bonds. The van der Waals surface area contributed by atoms with Gasteiger partial charge in [-0.25, -0.2) is 12.8 Å². The summed E-state index contributed by atoms with van der Waals surface area (Å²) in [7, 11) is -1.51. The van der Waals surface area contributed by atoms with E-state index in [1.54, 1.807) is 30.2 Å². The quantitative estimate of drug-likeness (QED) is 0.703. The highest BCUT2D eigenvalue weighted by atomic mass is 32.2. The smallest absolute Gasteiger partial charge is 0.227 e. The van der Waals surface area contributed by atoms with E-state index in [2.05, 4.69) is 0 Å². The Balaban J connectivity index is 2.09. The fourth-order valence-corrected chi connectivity index (χ4v) is 4.55. The van der Waals surface area contributed by atoms with Crippen molar-refractivity contribution in [1.82, 2.24) is 4.90 Å². The molecule has 0 radical (unpaired) electrons. The molecule has 2 rings (SSSR count).